The molecule has 0 aromatic heterocycles. The Morgan fingerprint density at radius 2 is 1.72 bits per heavy atom. The van der Waals surface area contributed by atoms with E-state index in [0.717, 1.165) is 33.8 Å². The molecule has 4 heteroatoms. The molecule has 0 saturated heterocycles. The number of hydrogen-bond acceptors (Lipinski definition) is 3. The van der Waals surface area contributed by atoms with Crippen molar-refractivity contribution < 1.29 is 18.7 Å². The summed E-state index contributed by atoms with van der Waals surface area (Å²) in [5, 5.41) is 0. The van der Waals surface area contributed by atoms with Gasteiger partial charge in [-0.2, -0.15) is 0 Å². The first-order valence-corrected chi connectivity index (χ1v) is 9.31. The monoisotopic (exact) mass is 390 g/mol. The van der Waals surface area contributed by atoms with Crippen LogP contribution < -0.4 is 9.47 Å². The van der Waals surface area contributed by atoms with Gasteiger partial charge in [-0.15, -0.1) is 0 Å². The van der Waals surface area contributed by atoms with Crippen LogP contribution in [0.15, 0.2) is 66.7 Å². The molecule has 0 unspecified atom stereocenters. The van der Waals surface area contributed by atoms with Crippen molar-refractivity contribution in [2.45, 2.75) is 20.5 Å². The second kappa shape index (κ2) is 9.20. The molecule has 3 rings (SSSR count). The van der Waals surface area contributed by atoms with Crippen molar-refractivity contribution in [1.29, 1.82) is 0 Å². The first-order chi connectivity index (χ1) is 14.0. The zero-order valence-electron chi connectivity index (χ0n) is 16.7. The van der Waals surface area contributed by atoms with Crippen molar-refractivity contribution in [1.82, 2.24) is 0 Å². The molecule has 3 aromatic rings. The minimum atomic E-state index is -0.367. The largest absolute Gasteiger partial charge is 0.496 e. The molecule has 0 radical (unpaired) electrons. The molecule has 0 aliphatic carbocycles. The van der Waals surface area contributed by atoms with Crippen LogP contribution in [0, 0.1) is 19.7 Å². The molecule has 0 fully saturated rings. The van der Waals surface area contributed by atoms with E-state index in [4.69, 9.17) is 9.47 Å². The molecule has 0 aliphatic rings. The molecule has 29 heavy (non-hydrogen) atoms. The van der Waals surface area contributed by atoms with E-state index >= 15 is 0 Å². The zero-order valence-corrected chi connectivity index (χ0v) is 16.7. The summed E-state index contributed by atoms with van der Waals surface area (Å²) in [6.07, 6.45) is 3.21. The van der Waals surface area contributed by atoms with Crippen molar-refractivity contribution >= 4 is 11.9 Å². The molecule has 0 N–H and O–H groups in total. The molecule has 148 valence electrons. The van der Waals surface area contributed by atoms with Gasteiger partial charge in [0.15, 0.2) is 5.78 Å². The van der Waals surface area contributed by atoms with Gasteiger partial charge in [0.2, 0.25) is 0 Å². The zero-order chi connectivity index (χ0) is 20.8. The lowest BCUT2D eigenvalue weighted by molar-refractivity contribution is 0.104. The summed E-state index contributed by atoms with van der Waals surface area (Å²) in [7, 11) is 1.62. The van der Waals surface area contributed by atoms with Gasteiger partial charge in [-0.05, 0) is 79.1 Å². The van der Waals surface area contributed by atoms with Crippen LogP contribution in [0.4, 0.5) is 4.39 Å². The van der Waals surface area contributed by atoms with E-state index in [2.05, 4.69) is 0 Å². The van der Waals surface area contributed by atoms with Crippen molar-refractivity contribution in [3.05, 3.63) is 100 Å². The molecular weight excluding hydrogens is 367 g/mol. The molecule has 0 amide bonds. The Morgan fingerprint density at radius 1 is 0.966 bits per heavy atom. The smallest absolute Gasteiger partial charge is 0.185 e. The van der Waals surface area contributed by atoms with Gasteiger partial charge in [-0.25, -0.2) is 4.39 Å². The SMILES string of the molecule is COc1ccc(/C=C/C(=O)c2ccc(F)cc2)cc1COc1cc(C)ccc1C. The van der Waals surface area contributed by atoms with Gasteiger partial charge in [-0.1, -0.05) is 24.3 Å². The molecule has 0 atom stereocenters. The predicted molar refractivity (Wildman–Crippen MR) is 113 cm³/mol. The van der Waals surface area contributed by atoms with E-state index in [9.17, 15) is 9.18 Å². The van der Waals surface area contributed by atoms with Crippen molar-refractivity contribution in [3.63, 3.8) is 0 Å². The number of halogens is 1. The number of ether oxygens (including phenoxy) is 2. The Labute approximate surface area is 170 Å². The fraction of sp³-hybridized carbons (Fsp3) is 0.160. The van der Waals surface area contributed by atoms with Gasteiger partial charge in [0.05, 0.1) is 7.11 Å². The van der Waals surface area contributed by atoms with Gasteiger partial charge in [-0.3, -0.25) is 4.79 Å². The van der Waals surface area contributed by atoms with Gasteiger partial charge in [0.1, 0.15) is 23.9 Å². The Hall–Kier alpha value is -3.40. The van der Waals surface area contributed by atoms with E-state index in [1.165, 1.54) is 30.3 Å². The molecular formula is C25H23FO3. The van der Waals surface area contributed by atoms with E-state index < -0.39 is 0 Å². The van der Waals surface area contributed by atoms with Gasteiger partial charge in [0, 0.05) is 11.1 Å². The standard InChI is InChI=1S/C25H23FO3/c1-17-4-5-18(2)25(14-17)29-16-21-15-19(7-13-24(21)28-3)6-12-23(27)20-8-10-22(26)11-9-20/h4-15H,16H2,1-3H3/b12-6+. The highest BCUT2D eigenvalue weighted by Crippen LogP contribution is 2.25. The maximum Gasteiger partial charge on any atom is 0.185 e. The topological polar surface area (TPSA) is 35.5 Å². The number of benzene rings is 3. The Balaban J connectivity index is 1.76. The van der Waals surface area contributed by atoms with Crippen LogP contribution in [0.3, 0.4) is 0 Å². The number of hydrogen-bond donors (Lipinski definition) is 0. The Kier molecular flexibility index (Phi) is 6.45. The molecule has 0 spiro atoms. The highest BCUT2D eigenvalue weighted by molar-refractivity contribution is 6.06. The number of ketones is 1. The molecule has 0 saturated carbocycles. The summed E-state index contributed by atoms with van der Waals surface area (Å²) >= 11 is 0. The number of carbonyl (C=O) groups is 1. The van der Waals surface area contributed by atoms with Gasteiger partial charge < -0.3 is 9.47 Å². The third-order valence-electron chi connectivity index (χ3n) is 4.59. The fourth-order valence-corrected chi connectivity index (χ4v) is 2.92. The Morgan fingerprint density at radius 3 is 2.45 bits per heavy atom. The Bertz CT molecular complexity index is 1040. The predicted octanol–water partition coefficient (Wildman–Crippen LogP) is 5.93. The normalized spacial score (nSPS) is 10.9. The average Bonchev–Trinajstić information content (AvgIpc) is 2.73. The van der Waals surface area contributed by atoms with E-state index in [1.807, 2.05) is 50.2 Å². The summed E-state index contributed by atoms with van der Waals surface area (Å²) in [5.74, 6) is 1.000. The molecule has 3 aromatic carbocycles. The minimum Gasteiger partial charge on any atom is -0.496 e. The van der Waals surface area contributed by atoms with Gasteiger partial charge in [0.25, 0.3) is 0 Å². The van der Waals surface area contributed by atoms with Crippen molar-refractivity contribution in [3.8, 4) is 11.5 Å². The van der Waals surface area contributed by atoms with Crippen LogP contribution in [-0.2, 0) is 6.61 Å². The number of carbonyl (C=O) groups excluding carboxylic acids is 1. The summed E-state index contributed by atoms with van der Waals surface area (Å²) in [6, 6.07) is 17.2. The fourth-order valence-electron chi connectivity index (χ4n) is 2.92. The minimum absolute atomic E-state index is 0.186. The van der Waals surface area contributed by atoms with E-state index in [0.29, 0.717) is 12.2 Å². The number of aryl methyl sites for hydroxylation is 2. The summed E-state index contributed by atoms with van der Waals surface area (Å²) in [6.45, 7) is 4.38. The van der Waals surface area contributed by atoms with Gasteiger partial charge >= 0.3 is 0 Å². The number of rotatable bonds is 7. The highest BCUT2D eigenvalue weighted by atomic mass is 19.1. The highest BCUT2D eigenvalue weighted by Gasteiger charge is 2.07. The third kappa shape index (κ3) is 5.32. The maximum atomic E-state index is 13.0. The summed E-state index contributed by atoms with van der Waals surface area (Å²) in [4.78, 5) is 12.3. The maximum absolute atomic E-state index is 13.0. The lowest BCUT2D eigenvalue weighted by Gasteiger charge is -2.13. The van der Waals surface area contributed by atoms with Crippen LogP contribution >= 0.6 is 0 Å². The third-order valence-corrected chi connectivity index (χ3v) is 4.59. The molecule has 0 heterocycles. The summed E-state index contributed by atoms with van der Waals surface area (Å²) in [5.41, 5.74) is 4.37. The summed E-state index contributed by atoms with van der Waals surface area (Å²) < 4.78 is 24.4. The number of allylic oxidation sites excluding steroid dienone is 1. The van der Waals surface area contributed by atoms with E-state index in [-0.39, 0.29) is 11.6 Å². The number of methoxy groups -OCH3 is 1. The average molecular weight is 390 g/mol. The second-order valence-electron chi connectivity index (χ2n) is 6.83. The van der Waals surface area contributed by atoms with Crippen LogP contribution in [0.5, 0.6) is 11.5 Å². The lowest BCUT2D eigenvalue weighted by Crippen LogP contribution is -2.01. The molecule has 0 bridgehead atoms. The molecule has 0 aliphatic heterocycles. The van der Waals surface area contributed by atoms with Crippen molar-refractivity contribution in [2.24, 2.45) is 0 Å². The van der Waals surface area contributed by atoms with Crippen LogP contribution in [0.1, 0.15) is 32.6 Å². The van der Waals surface area contributed by atoms with Crippen LogP contribution in [0.25, 0.3) is 6.08 Å². The second-order valence-corrected chi connectivity index (χ2v) is 6.83. The first-order valence-electron chi connectivity index (χ1n) is 9.31. The van der Waals surface area contributed by atoms with Crippen LogP contribution in [-0.4, -0.2) is 12.9 Å². The molecule has 3 nitrogen and oxygen atoms in total. The van der Waals surface area contributed by atoms with Crippen molar-refractivity contribution in [2.75, 3.05) is 7.11 Å². The first kappa shape index (κ1) is 20.3. The quantitative estimate of drug-likeness (QED) is 0.371. The lowest BCUT2D eigenvalue weighted by atomic mass is 10.1. The van der Waals surface area contributed by atoms with E-state index in [1.54, 1.807) is 13.2 Å². The van der Waals surface area contributed by atoms with Crippen LogP contribution in [0.2, 0.25) is 0 Å².